The first kappa shape index (κ1) is 16.0. The first-order chi connectivity index (χ1) is 11.6. The summed E-state index contributed by atoms with van der Waals surface area (Å²) in [5.41, 5.74) is 1.39. The van der Waals surface area contributed by atoms with Crippen LogP contribution in [0, 0.1) is 0 Å². The van der Waals surface area contributed by atoms with Crippen LogP contribution in [0.3, 0.4) is 0 Å². The Morgan fingerprint density at radius 2 is 1.96 bits per heavy atom. The normalized spacial score (nSPS) is 13.3. The average Bonchev–Trinajstić information content (AvgIpc) is 3.43. The Kier molecular flexibility index (Phi) is 4.74. The lowest BCUT2D eigenvalue weighted by molar-refractivity contribution is -0.137. The summed E-state index contributed by atoms with van der Waals surface area (Å²) >= 11 is 0. The van der Waals surface area contributed by atoms with Crippen molar-refractivity contribution >= 4 is 11.9 Å². The van der Waals surface area contributed by atoms with Gasteiger partial charge in [0, 0.05) is 23.9 Å². The molecule has 1 N–H and O–H groups in total. The number of ether oxygens (including phenoxy) is 1. The lowest BCUT2D eigenvalue weighted by Crippen LogP contribution is -2.37. The molecule has 0 radical (unpaired) electrons. The van der Waals surface area contributed by atoms with E-state index in [-0.39, 0.29) is 18.5 Å². The van der Waals surface area contributed by atoms with E-state index in [9.17, 15) is 9.59 Å². The molecule has 0 saturated heterocycles. The molecule has 124 valence electrons. The summed E-state index contributed by atoms with van der Waals surface area (Å²) in [6.45, 7) is 0.0684. The zero-order valence-corrected chi connectivity index (χ0v) is 13.1. The van der Waals surface area contributed by atoms with Crippen LogP contribution < -0.4 is 4.74 Å². The van der Waals surface area contributed by atoms with E-state index in [1.165, 1.54) is 11.1 Å². The number of carboxylic acid groups (broad SMARTS) is 1. The molecule has 1 aliphatic carbocycles. The Hall–Kier alpha value is -2.89. The van der Waals surface area contributed by atoms with E-state index in [4.69, 9.17) is 9.84 Å². The highest BCUT2D eigenvalue weighted by molar-refractivity contribution is 5.96. The largest absolute Gasteiger partial charge is 0.480 e. The molecule has 0 bridgehead atoms. The third kappa shape index (κ3) is 4.10. The number of carbonyl (C=O) groups is 2. The van der Waals surface area contributed by atoms with E-state index in [2.05, 4.69) is 4.98 Å². The minimum absolute atomic E-state index is 0.0236. The van der Waals surface area contributed by atoms with E-state index in [1.54, 1.807) is 12.1 Å². The number of rotatable bonds is 7. The summed E-state index contributed by atoms with van der Waals surface area (Å²) in [6, 6.07) is 12.8. The highest BCUT2D eigenvalue weighted by atomic mass is 16.5. The van der Waals surface area contributed by atoms with E-state index < -0.39 is 5.97 Å². The van der Waals surface area contributed by atoms with Crippen LogP contribution in [0.1, 0.15) is 28.8 Å². The Morgan fingerprint density at radius 1 is 1.21 bits per heavy atom. The molecule has 1 aromatic carbocycles. The summed E-state index contributed by atoms with van der Waals surface area (Å²) in [5, 5.41) is 8.99. The van der Waals surface area contributed by atoms with Crippen LogP contribution in [0.5, 0.6) is 5.88 Å². The molecule has 1 aromatic heterocycles. The molecule has 1 heterocycles. The summed E-state index contributed by atoms with van der Waals surface area (Å²) in [6.07, 6.45) is 3.20. The topological polar surface area (TPSA) is 79.7 Å². The van der Waals surface area contributed by atoms with Gasteiger partial charge in [0.1, 0.15) is 13.2 Å². The summed E-state index contributed by atoms with van der Waals surface area (Å²) in [4.78, 5) is 29.1. The zero-order chi connectivity index (χ0) is 16.9. The quantitative estimate of drug-likeness (QED) is 0.845. The van der Waals surface area contributed by atoms with Crippen molar-refractivity contribution < 1.29 is 19.4 Å². The van der Waals surface area contributed by atoms with Crippen LogP contribution in [-0.4, -0.2) is 39.5 Å². The van der Waals surface area contributed by atoms with Gasteiger partial charge in [0.2, 0.25) is 5.88 Å². The lowest BCUT2D eigenvalue weighted by atomic mass is 10.2. The number of aliphatic carboxylic acids is 1. The standard InChI is InChI=1S/C18H18N2O4/c21-17(22)11-20(15-6-7-15)18(23)14-8-9-19-16(10-14)24-12-13-4-2-1-3-5-13/h1-5,8-10,15H,6-7,11-12H2,(H,21,22). The first-order valence-electron chi connectivity index (χ1n) is 7.79. The van der Waals surface area contributed by atoms with Gasteiger partial charge in [0.05, 0.1) is 0 Å². The fourth-order valence-electron chi connectivity index (χ4n) is 2.42. The molecule has 0 atom stereocenters. The van der Waals surface area contributed by atoms with Gasteiger partial charge >= 0.3 is 5.97 Å². The fourth-order valence-corrected chi connectivity index (χ4v) is 2.42. The van der Waals surface area contributed by atoms with Crippen LogP contribution in [0.2, 0.25) is 0 Å². The zero-order valence-electron chi connectivity index (χ0n) is 13.1. The van der Waals surface area contributed by atoms with Gasteiger partial charge in [0.15, 0.2) is 0 Å². The molecule has 1 fully saturated rings. The molecule has 0 aliphatic heterocycles. The van der Waals surface area contributed by atoms with Crippen molar-refractivity contribution in [3.05, 3.63) is 59.8 Å². The molecule has 3 rings (SSSR count). The van der Waals surface area contributed by atoms with Gasteiger partial charge in [0.25, 0.3) is 5.91 Å². The minimum atomic E-state index is -1.01. The maximum atomic E-state index is 12.6. The maximum Gasteiger partial charge on any atom is 0.323 e. The monoisotopic (exact) mass is 326 g/mol. The Labute approximate surface area is 139 Å². The molecule has 0 spiro atoms. The van der Waals surface area contributed by atoms with Crippen molar-refractivity contribution in [3.8, 4) is 5.88 Å². The fraction of sp³-hybridized carbons (Fsp3) is 0.278. The highest BCUT2D eigenvalue weighted by Gasteiger charge is 2.34. The van der Waals surface area contributed by atoms with Crippen molar-refractivity contribution in [2.24, 2.45) is 0 Å². The second kappa shape index (κ2) is 7.12. The van der Waals surface area contributed by atoms with Gasteiger partial charge in [-0.15, -0.1) is 0 Å². The van der Waals surface area contributed by atoms with E-state index in [0.29, 0.717) is 18.1 Å². The maximum absolute atomic E-state index is 12.6. The molecule has 1 saturated carbocycles. The SMILES string of the molecule is O=C(O)CN(C(=O)c1ccnc(OCc2ccccc2)c1)C1CC1. The lowest BCUT2D eigenvalue weighted by Gasteiger charge is -2.20. The molecular weight excluding hydrogens is 308 g/mol. The number of aromatic nitrogens is 1. The van der Waals surface area contributed by atoms with Gasteiger partial charge in [-0.05, 0) is 24.5 Å². The second-order valence-electron chi connectivity index (χ2n) is 5.71. The number of hydrogen-bond acceptors (Lipinski definition) is 4. The van der Waals surface area contributed by atoms with Gasteiger partial charge in [-0.25, -0.2) is 4.98 Å². The number of benzene rings is 1. The number of carboxylic acids is 1. The molecule has 2 aromatic rings. The third-order valence-electron chi connectivity index (χ3n) is 3.77. The number of amides is 1. The van der Waals surface area contributed by atoms with E-state index >= 15 is 0 Å². The summed E-state index contributed by atoms with van der Waals surface area (Å²) in [5.74, 6) is -0.965. The minimum Gasteiger partial charge on any atom is -0.480 e. The number of carbonyl (C=O) groups excluding carboxylic acids is 1. The van der Waals surface area contributed by atoms with Crippen LogP contribution in [0.25, 0.3) is 0 Å². The van der Waals surface area contributed by atoms with Gasteiger partial charge < -0.3 is 14.7 Å². The molecule has 0 unspecified atom stereocenters. The van der Waals surface area contributed by atoms with Gasteiger partial charge in [-0.2, -0.15) is 0 Å². The first-order valence-corrected chi connectivity index (χ1v) is 7.79. The van der Waals surface area contributed by atoms with Crippen LogP contribution in [0.4, 0.5) is 0 Å². The molecule has 1 amide bonds. The van der Waals surface area contributed by atoms with Crippen LogP contribution >= 0.6 is 0 Å². The third-order valence-corrected chi connectivity index (χ3v) is 3.77. The molecule has 6 heteroatoms. The van der Waals surface area contributed by atoms with Gasteiger partial charge in [-0.1, -0.05) is 30.3 Å². The second-order valence-corrected chi connectivity index (χ2v) is 5.71. The van der Waals surface area contributed by atoms with Crippen LogP contribution in [-0.2, 0) is 11.4 Å². The number of nitrogens with zero attached hydrogens (tertiary/aromatic N) is 2. The van der Waals surface area contributed by atoms with Crippen molar-refractivity contribution in [2.75, 3.05) is 6.54 Å². The molecular formula is C18H18N2O4. The van der Waals surface area contributed by atoms with Crippen LogP contribution in [0.15, 0.2) is 48.7 Å². The molecule has 1 aliphatic rings. The van der Waals surface area contributed by atoms with Crippen molar-refractivity contribution in [1.82, 2.24) is 9.88 Å². The van der Waals surface area contributed by atoms with Crippen molar-refractivity contribution in [3.63, 3.8) is 0 Å². The number of pyridine rings is 1. The summed E-state index contributed by atoms with van der Waals surface area (Å²) in [7, 11) is 0. The Morgan fingerprint density at radius 3 is 2.62 bits per heavy atom. The van der Waals surface area contributed by atoms with Crippen molar-refractivity contribution in [1.29, 1.82) is 0 Å². The summed E-state index contributed by atoms with van der Waals surface area (Å²) < 4.78 is 5.62. The predicted octanol–water partition coefficient (Wildman–Crippen LogP) is 2.35. The van der Waals surface area contributed by atoms with E-state index in [0.717, 1.165) is 18.4 Å². The average molecular weight is 326 g/mol. The van der Waals surface area contributed by atoms with E-state index in [1.807, 2.05) is 30.3 Å². The Balaban J connectivity index is 1.69. The van der Waals surface area contributed by atoms with Crippen molar-refractivity contribution in [2.45, 2.75) is 25.5 Å². The Bertz CT molecular complexity index is 729. The predicted molar refractivity (Wildman–Crippen MR) is 86.7 cm³/mol. The van der Waals surface area contributed by atoms with Gasteiger partial charge in [-0.3, -0.25) is 9.59 Å². The number of hydrogen-bond donors (Lipinski definition) is 1. The molecule has 24 heavy (non-hydrogen) atoms. The highest BCUT2D eigenvalue weighted by Crippen LogP contribution is 2.28. The smallest absolute Gasteiger partial charge is 0.323 e. The molecule has 6 nitrogen and oxygen atoms in total.